The highest BCUT2D eigenvalue weighted by atomic mass is 127. The first-order valence-electron chi connectivity index (χ1n) is 8.36. The van der Waals surface area contributed by atoms with Crippen molar-refractivity contribution in [1.82, 2.24) is 5.32 Å². The molecule has 156 valence electrons. The number of fused-ring (bicyclic) bond motifs is 1. The zero-order valence-corrected chi connectivity index (χ0v) is 20.3. The molecule has 0 radical (unpaired) electrons. The molecule has 1 atom stereocenters. The first-order valence-corrected chi connectivity index (χ1v) is 10.9. The molecule has 7 nitrogen and oxygen atoms in total. The summed E-state index contributed by atoms with van der Waals surface area (Å²) >= 11 is 10.7. The van der Waals surface area contributed by atoms with Gasteiger partial charge in [-0.2, -0.15) is 0 Å². The molecule has 0 bridgehead atoms. The molecule has 4 N–H and O–H groups in total. The lowest BCUT2D eigenvalue weighted by atomic mass is 9.90. The van der Waals surface area contributed by atoms with Crippen LogP contribution < -0.4 is 10.1 Å². The van der Waals surface area contributed by atoms with Gasteiger partial charge in [-0.3, -0.25) is 0 Å². The minimum absolute atomic E-state index is 0.151. The molecule has 29 heavy (non-hydrogen) atoms. The van der Waals surface area contributed by atoms with Crippen LogP contribution in [0.5, 0.6) is 11.5 Å². The summed E-state index contributed by atoms with van der Waals surface area (Å²) < 4.78 is 7.65. The van der Waals surface area contributed by atoms with Crippen molar-refractivity contribution in [3.8, 4) is 11.5 Å². The number of aromatic hydroxyl groups is 1. The van der Waals surface area contributed by atoms with Crippen molar-refractivity contribution in [1.29, 1.82) is 0 Å². The van der Waals surface area contributed by atoms with Crippen LogP contribution in [0.15, 0.2) is 24.3 Å². The monoisotopic (exact) mass is 645 g/mol. The lowest BCUT2D eigenvalue weighted by Gasteiger charge is -2.28. The van der Waals surface area contributed by atoms with Gasteiger partial charge in [0.2, 0.25) is 0 Å². The quantitative estimate of drug-likeness (QED) is 0.296. The summed E-state index contributed by atoms with van der Waals surface area (Å²) in [5.74, 6) is -2.57. The number of carboxylic acids is 2. The number of carboxylic acid groups (broad SMARTS) is 2. The number of aliphatic carboxylic acids is 2. The van der Waals surface area contributed by atoms with Gasteiger partial charge in [0.15, 0.2) is 0 Å². The van der Waals surface area contributed by atoms with E-state index in [2.05, 4.69) is 62.6 Å². The average Bonchev–Trinajstić information content (AvgIpc) is 2.63. The van der Waals surface area contributed by atoms with Crippen molar-refractivity contribution in [2.75, 3.05) is 13.7 Å². The molecular weight excluding hydrogens is 627 g/mol. The molecule has 1 aliphatic heterocycles. The maximum absolute atomic E-state index is 9.94. The van der Waals surface area contributed by atoms with Gasteiger partial charge in [-0.15, -0.1) is 0 Å². The largest absolute Gasteiger partial charge is 0.506 e. The highest BCUT2D eigenvalue weighted by molar-refractivity contribution is 14.1. The molecule has 0 aromatic heterocycles. The van der Waals surface area contributed by atoms with E-state index in [1.807, 2.05) is 6.07 Å². The van der Waals surface area contributed by atoms with Gasteiger partial charge < -0.3 is 25.4 Å². The second kappa shape index (κ2) is 10.6. The summed E-state index contributed by atoms with van der Waals surface area (Å²) in [6.07, 6.45) is 1.80. The maximum Gasteiger partial charge on any atom is 0.414 e. The molecule has 0 spiro atoms. The Balaban J connectivity index is 0.000000438. The van der Waals surface area contributed by atoms with Crippen LogP contribution >= 0.6 is 56.8 Å². The van der Waals surface area contributed by atoms with Gasteiger partial charge in [-0.25, -0.2) is 9.59 Å². The van der Waals surface area contributed by atoms with Crippen LogP contribution in [-0.2, 0) is 22.4 Å². The van der Waals surface area contributed by atoms with E-state index in [9.17, 15) is 5.11 Å². The van der Waals surface area contributed by atoms with Crippen LogP contribution in [0.1, 0.15) is 22.7 Å². The number of hydrogen-bond donors (Lipinski definition) is 4. The Morgan fingerprint density at radius 3 is 2.28 bits per heavy atom. The number of hydrogen-bond acceptors (Lipinski definition) is 5. The molecule has 0 aliphatic carbocycles. The Morgan fingerprint density at radius 1 is 1.17 bits per heavy atom. The van der Waals surface area contributed by atoms with Crippen LogP contribution in [0.4, 0.5) is 0 Å². The van der Waals surface area contributed by atoms with Gasteiger partial charge in [0.05, 0.1) is 19.3 Å². The topological polar surface area (TPSA) is 116 Å². The standard InChI is InChI=1S/C17H16ClI2NO2.C2H2O4/c1-23-17-13(19)4-9(5-14(17)20)6-15-11-8-16(22)12(18)7-10(11)2-3-21-15;3-1(4)2(5)6/h4-5,7-8,15,21-22H,2-3,6H2,1H3;(H,3,4)(H,5,6)/t15-;/m1./s1. The van der Waals surface area contributed by atoms with Crippen LogP contribution in [-0.4, -0.2) is 40.9 Å². The van der Waals surface area contributed by atoms with Crippen LogP contribution in [0.2, 0.25) is 5.02 Å². The Bertz CT molecular complexity index is 902. The van der Waals surface area contributed by atoms with Gasteiger partial charge in [0.1, 0.15) is 11.5 Å². The van der Waals surface area contributed by atoms with E-state index in [1.54, 1.807) is 13.2 Å². The number of ether oxygens (including phenoxy) is 1. The number of methoxy groups -OCH3 is 1. The minimum Gasteiger partial charge on any atom is -0.506 e. The smallest absolute Gasteiger partial charge is 0.414 e. The molecule has 0 fully saturated rings. The van der Waals surface area contributed by atoms with Crippen molar-refractivity contribution in [3.63, 3.8) is 0 Å². The number of phenolic OH excluding ortho intramolecular Hbond substituents is 1. The Kier molecular flexibility index (Phi) is 8.79. The van der Waals surface area contributed by atoms with Crippen LogP contribution in [0.3, 0.4) is 0 Å². The number of halogens is 3. The molecule has 0 saturated heterocycles. The van der Waals surface area contributed by atoms with Crippen molar-refractivity contribution in [3.05, 3.63) is 53.1 Å². The summed E-state index contributed by atoms with van der Waals surface area (Å²) in [6, 6.07) is 8.19. The van der Waals surface area contributed by atoms with Gasteiger partial charge in [-0.05, 0) is 106 Å². The Hall–Kier alpha value is -1.31. The third kappa shape index (κ3) is 6.33. The molecular formula is C19H18ClI2NO6. The fourth-order valence-corrected chi connectivity index (χ4v) is 5.52. The fraction of sp³-hybridized carbons (Fsp3) is 0.263. The van der Waals surface area contributed by atoms with E-state index in [1.165, 1.54) is 11.1 Å². The first-order chi connectivity index (χ1) is 13.6. The minimum atomic E-state index is -1.82. The molecule has 3 rings (SSSR count). The van der Waals surface area contributed by atoms with E-state index in [0.717, 1.165) is 37.8 Å². The molecule has 1 aliphatic rings. The summed E-state index contributed by atoms with van der Waals surface area (Å²) in [5, 5.41) is 28.7. The molecule has 2 aromatic carbocycles. The van der Waals surface area contributed by atoms with E-state index < -0.39 is 11.9 Å². The van der Waals surface area contributed by atoms with Crippen LogP contribution in [0, 0.1) is 7.14 Å². The molecule has 0 amide bonds. The lowest BCUT2D eigenvalue weighted by molar-refractivity contribution is -0.159. The lowest BCUT2D eigenvalue weighted by Crippen LogP contribution is -2.31. The van der Waals surface area contributed by atoms with Crippen molar-refractivity contribution in [2.45, 2.75) is 18.9 Å². The molecule has 0 unspecified atom stereocenters. The second-order valence-corrected chi connectivity index (χ2v) is 8.90. The van der Waals surface area contributed by atoms with Crippen molar-refractivity contribution < 1.29 is 29.6 Å². The third-order valence-corrected chi connectivity index (χ3v) is 6.16. The normalized spacial score (nSPS) is 15.0. The number of benzene rings is 2. The van der Waals surface area contributed by atoms with Crippen molar-refractivity contribution in [2.24, 2.45) is 0 Å². The highest BCUT2D eigenvalue weighted by Gasteiger charge is 2.22. The summed E-state index contributed by atoms with van der Waals surface area (Å²) in [4.78, 5) is 18.2. The zero-order valence-electron chi connectivity index (χ0n) is 15.2. The van der Waals surface area contributed by atoms with Gasteiger partial charge in [0, 0.05) is 6.04 Å². The second-order valence-electron chi connectivity index (χ2n) is 6.17. The summed E-state index contributed by atoms with van der Waals surface area (Å²) in [6.45, 7) is 0.920. The number of phenols is 1. The predicted molar refractivity (Wildman–Crippen MR) is 125 cm³/mol. The predicted octanol–water partition coefficient (Wildman–Crippen LogP) is 3.85. The SMILES string of the molecule is COc1c(I)cc(C[C@H]2NCCc3cc(Cl)c(O)cc32)cc1I.O=C(O)C(=O)O. The highest BCUT2D eigenvalue weighted by Crippen LogP contribution is 2.35. The molecule has 0 saturated carbocycles. The number of carbonyl (C=O) groups is 2. The van der Waals surface area contributed by atoms with Gasteiger partial charge in [0.25, 0.3) is 0 Å². The Labute approximate surface area is 199 Å². The van der Waals surface area contributed by atoms with E-state index in [4.69, 9.17) is 36.1 Å². The average molecular weight is 646 g/mol. The maximum atomic E-state index is 9.94. The van der Waals surface area contributed by atoms with E-state index in [-0.39, 0.29) is 11.8 Å². The van der Waals surface area contributed by atoms with Crippen LogP contribution in [0.25, 0.3) is 0 Å². The molecule has 10 heteroatoms. The zero-order chi connectivity index (χ0) is 21.7. The van der Waals surface area contributed by atoms with E-state index >= 15 is 0 Å². The fourth-order valence-electron chi connectivity index (χ4n) is 2.99. The number of nitrogens with one attached hydrogen (secondary N) is 1. The summed E-state index contributed by atoms with van der Waals surface area (Å²) in [5.41, 5.74) is 3.60. The van der Waals surface area contributed by atoms with Gasteiger partial charge in [-0.1, -0.05) is 11.6 Å². The Morgan fingerprint density at radius 2 is 1.76 bits per heavy atom. The number of rotatable bonds is 3. The van der Waals surface area contributed by atoms with Crippen molar-refractivity contribution >= 4 is 68.7 Å². The summed E-state index contributed by atoms with van der Waals surface area (Å²) in [7, 11) is 1.70. The molecule has 1 heterocycles. The third-order valence-electron chi connectivity index (χ3n) is 4.25. The van der Waals surface area contributed by atoms with Gasteiger partial charge >= 0.3 is 11.9 Å². The van der Waals surface area contributed by atoms with E-state index in [0.29, 0.717) is 5.02 Å². The first kappa shape index (κ1) is 24.0. The molecule has 2 aromatic rings.